The molecule has 0 radical (unpaired) electrons. The Morgan fingerprint density at radius 1 is 1.25 bits per heavy atom. The zero-order valence-electron chi connectivity index (χ0n) is 12.1. The summed E-state index contributed by atoms with van der Waals surface area (Å²) in [6, 6.07) is -0.691. The first-order chi connectivity index (χ1) is 9.56. The molecule has 0 spiro atoms. The van der Waals surface area contributed by atoms with Gasteiger partial charge in [0.15, 0.2) is 0 Å². The van der Waals surface area contributed by atoms with Crippen molar-refractivity contribution in [1.29, 1.82) is 0 Å². The van der Waals surface area contributed by atoms with Gasteiger partial charge in [-0.2, -0.15) is 0 Å². The molecular weight excluding hydrogens is 262 g/mol. The van der Waals surface area contributed by atoms with E-state index in [4.69, 9.17) is 9.84 Å². The highest BCUT2D eigenvalue weighted by molar-refractivity contribution is 5.76. The topological polar surface area (TPSA) is 87.1 Å². The van der Waals surface area contributed by atoms with Gasteiger partial charge in [-0.05, 0) is 25.2 Å². The van der Waals surface area contributed by atoms with Crippen molar-refractivity contribution in [2.24, 2.45) is 5.92 Å². The van der Waals surface area contributed by atoms with Crippen LogP contribution in [0.2, 0.25) is 0 Å². The molecule has 1 aliphatic rings. The Morgan fingerprint density at radius 2 is 1.90 bits per heavy atom. The number of aliphatic carboxylic acids is 2. The van der Waals surface area contributed by atoms with Gasteiger partial charge in [-0.1, -0.05) is 19.3 Å². The molecule has 1 unspecified atom stereocenters. The quantitative estimate of drug-likeness (QED) is 0.624. The summed E-state index contributed by atoms with van der Waals surface area (Å²) in [5.74, 6) is -1.83. The van der Waals surface area contributed by atoms with E-state index in [1.165, 1.54) is 0 Å². The normalized spacial score (nSPS) is 18.1. The molecule has 0 amide bonds. The molecule has 0 aromatic rings. The monoisotopic (exact) mass is 287 g/mol. The third kappa shape index (κ3) is 5.46. The number of carboxylic acids is 2. The van der Waals surface area contributed by atoms with Crippen molar-refractivity contribution in [3.05, 3.63) is 0 Å². The predicted molar refractivity (Wildman–Crippen MR) is 73.7 cm³/mol. The highest BCUT2D eigenvalue weighted by Gasteiger charge is 2.35. The van der Waals surface area contributed by atoms with Crippen LogP contribution in [0.4, 0.5) is 0 Å². The second-order valence-corrected chi connectivity index (χ2v) is 5.39. The highest BCUT2D eigenvalue weighted by Crippen LogP contribution is 2.29. The van der Waals surface area contributed by atoms with Gasteiger partial charge in [-0.15, -0.1) is 0 Å². The number of hydrogen-bond donors (Lipinski definition) is 2. The molecule has 0 bridgehead atoms. The lowest BCUT2D eigenvalue weighted by molar-refractivity contribution is -0.149. The smallest absolute Gasteiger partial charge is 0.321 e. The number of rotatable bonds is 9. The molecule has 0 saturated heterocycles. The van der Waals surface area contributed by atoms with Gasteiger partial charge in [-0.3, -0.25) is 14.5 Å². The standard InChI is InChI=1S/C14H25NO5/c1-20-9-5-8-15(10-12(16)17)13(14(18)19)11-6-3-2-4-7-11/h11,13H,2-10H2,1H3,(H,16,17)(H,18,19). The first-order valence-corrected chi connectivity index (χ1v) is 7.24. The zero-order chi connectivity index (χ0) is 15.0. The van der Waals surface area contributed by atoms with E-state index >= 15 is 0 Å². The Labute approximate surface area is 119 Å². The van der Waals surface area contributed by atoms with Crippen molar-refractivity contribution in [2.45, 2.75) is 44.6 Å². The van der Waals surface area contributed by atoms with Crippen LogP contribution in [0.1, 0.15) is 38.5 Å². The molecule has 6 nitrogen and oxygen atoms in total. The minimum Gasteiger partial charge on any atom is -0.480 e. The third-order valence-corrected chi connectivity index (χ3v) is 3.87. The Kier molecular flexibility index (Phi) is 7.54. The van der Waals surface area contributed by atoms with E-state index in [2.05, 4.69) is 0 Å². The Bertz CT molecular complexity index is 315. The molecular formula is C14H25NO5. The fourth-order valence-electron chi connectivity index (χ4n) is 3.01. The van der Waals surface area contributed by atoms with E-state index in [0.29, 0.717) is 19.6 Å². The number of nitrogens with zero attached hydrogens (tertiary/aromatic N) is 1. The van der Waals surface area contributed by atoms with Crippen LogP contribution in [0.25, 0.3) is 0 Å². The van der Waals surface area contributed by atoms with Crippen molar-refractivity contribution in [3.63, 3.8) is 0 Å². The van der Waals surface area contributed by atoms with Gasteiger partial charge < -0.3 is 14.9 Å². The lowest BCUT2D eigenvalue weighted by Gasteiger charge is -2.35. The predicted octanol–water partition coefficient (Wildman–Crippen LogP) is 1.44. The van der Waals surface area contributed by atoms with Gasteiger partial charge in [0.25, 0.3) is 0 Å². The lowest BCUT2D eigenvalue weighted by atomic mass is 9.83. The van der Waals surface area contributed by atoms with Crippen LogP contribution in [-0.4, -0.2) is 59.9 Å². The van der Waals surface area contributed by atoms with Crippen LogP contribution in [0, 0.1) is 5.92 Å². The maximum atomic E-state index is 11.6. The first kappa shape index (κ1) is 16.9. The van der Waals surface area contributed by atoms with Crippen molar-refractivity contribution in [3.8, 4) is 0 Å². The summed E-state index contributed by atoms with van der Waals surface area (Å²) in [6.45, 7) is 0.720. The molecule has 1 atom stereocenters. The summed E-state index contributed by atoms with van der Waals surface area (Å²) in [5.41, 5.74) is 0. The van der Waals surface area contributed by atoms with E-state index in [0.717, 1.165) is 32.1 Å². The van der Waals surface area contributed by atoms with Crippen LogP contribution in [0.3, 0.4) is 0 Å². The van der Waals surface area contributed by atoms with Crippen molar-refractivity contribution >= 4 is 11.9 Å². The fraction of sp³-hybridized carbons (Fsp3) is 0.857. The molecule has 2 N–H and O–H groups in total. The average Bonchev–Trinajstić information content (AvgIpc) is 2.39. The van der Waals surface area contributed by atoms with E-state index in [1.807, 2.05) is 0 Å². The molecule has 0 heterocycles. The second kappa shape index (κ2) is 8.92. The minimum absolute atomic E-state index is 0.0585. The van der Waals surface area contributed by atoms with E-state index in [-0.39, 0.29) is 12.5 Å². The molecule has 1 aliphatic carbocycles. The van der Waals surface area contributed by atoms with Crippen LogP contribution >= 0.6 is 0 Å². The van der Waals surface area contributed by atoms with Gasteiger partial charge in [0.05, 0.1) is 6.54 Å². The van der Waals surface area contributed by atoms with Gasteiger partial charge in [0.2, 0.25) is 0 Å². The molecule has 0 aromatic heterocycles. The SMILES string of the molecule is COCCCN(CC(=O)O)C(C(=O)O)C1CCCCC1. The Morgan fingerprint density at radius 3 is 2.40 bits per heavy atom. The molecule has 116 valence electrons. The average molecular weight is 287 g/mol. The number of carbonyl (C=O) groups is 2. The molecule has 20 heavy (non-hydrogen) atoms. The summed E-state index contributed by atoms with van der Waals surface area (Å²) in [4.78, 5) is 24.2. The van der Waals surface area contributed by atoms with Crippen LogP contribution in [-0.2, 0) is 14.3 Å². The summed E-state index contributed by atoms with van der Waals surface area (Å²) in [7, 11) is 1.58. The largest absolute Gasteiger partial charge is 0.480 e. The van der Waals surface area contributed by atoms with Crippen LogP contribution < -0.4 is 0 Å². The van der Waals surface area contributed by atoms with E-state index in [9.17, 15) is 14.7 Å². The molecule has 1 fully saturated rings. The van der Waals surface area contributed by atoms with Gasteiger partial charge in [0, 0.05) is 20.3 Å². The summed E-state index contributed by atoms with van der Waals surface area (Å²) in [5, 5.41) is 18.5. The maximum Gasteiger partial charge on any atom is 0.321 e. The van der Waals surface area contributed by atoms with Gasteiger partial charge in [0.1, 0.15) is 6.04 Å². The highest BCUT2D eigenvalue weighted by atomic mass is 16.5. The van der Waals surface area contributed by atoms with Gasteiger partial charge in [-0.25, -0.2) is 0 Å². The number of methoxy groups -OCH3 is 1. The first-order valence-electron chi connectivity index (χ1n) is 7.24. The van der Waals surface area contributed by atoms with E-state index < -0.39 is 18.0 Å². The minimum atomic E-state index is -0.982. The van der Waals surface area contributed by atoms with E-state index in [1.54, 1.807) is 12.0 Å². The zero-order valence-corrected chi connectivity index (χ0v) is 12.1. The maximum absolute atomic E-state index is 11.6. The van der Waals surface area contributed by atoms with Gasteiger partial charge >= 0.3 is 11.9 Å². The van der Waals surface area contributed by atoms with Crippen LogP contribution in [0.5, 0.6) is 0 Å². The van der Waals surface area contributed by atoms with Crippen LogP contribution in [0.15, 0.2) is 0 Å². The fourth-order valence-corrected chi connectivity index (χ4v) is 3.01. The number of hydrogen-bond acceptors (Lipinski definition) is 4. The Balaban J connectivity index is 2.73. The molecule has 1 rings (SSSR count). The summed E-state index contributed by atoms with van der Waals surface area (Å²) >= 11 is 0. The molecule has 6 heteroatoms. The van der Waals surface area contributed by atoms with Crippen molar-refractivity contribution in [1.82, 2.24) is 4.90 Å². The Hall–Kier alpha value is -1.14. The van der Waals surface area contributed by atoms with Crippen molar-refractivity contribution < 1.29 is 24.5 Å². The molecule has 1 saturated carbocycles. The lowest BCUT2D eigenvalue weighted by Crippen LogP contribution is -2.49. The summed E-state index contributed by atoms with van der Waals surface area (Å²) in [6.07, 6.45) is 5.60. The number of ether oxygens (including phenoxy) is 1. The van der Waals surface area contributed by atoms with Crippen molar-refractivity contribution in [2.75, 3.05) is 26.8 Å². The molecule has 0 aromatic carbocycles. The molecule has 0 aliphatic heterocycles. The second-order valence-electron chi connectivity index (χ2n) is 5.39. The summed E-state index contributed by atoms with van der Waals surface area (Å²) < 4.78 is 4.96. The third-order valence-electron chi connectivity index (χ3n) is 3.87. The number of carboxylic acid groups (broad SMARTS) is 2.